The number of rotatable bonds is 7. The molecular weight excluding hydrogens is 336 g/mol. The molecule has 1 aliphatic carbocycles. The number of hydroxylamine groups is 2. The Labute approximate surface area is 155 Å². The molecule has 1 saturated carbocycles. The average molecular weight is 369 g/mol. The number of β-amino-alcohol motifs (C(OH)–C–C–N with tert-alkyl or cyclic N) is 1. The molecule has 0 amide bonds. The Kier molecular flexibility index (Phi) is 6.44. The highest BCUT2D eigenvalue weighted by Gasteiger charge is 2.42. The molecule has 0 aromatic carbocycles. The van der Waals surface area contributed by atoms with Crippen molar-refractivity contribution in [3.63, 3.8) is 0 Å². The second-order valence-corrected chi connectivity index (χ2v) is 8.95. The van der Waals surface area contributed by atoms with Crippen LogP contribution in [-0.4, -0.2) is 46.7 Å². The zero-order chi connectivity index (χ0) is 17.9. The number of nitrogens with zero attached hydrogens (tertiary/aromatic N) is 4. The highest BCUT2D eigenvalue weighted by molar-refractivity contribution is 7.15. The number of likely N-dealkylation sites (N-methyl/N-ethyl adjacent to an activating group) is 1. The minimum atomic E-state index is -0.955. The predicted octanol–water partition coefficient (Wildman–Crippen LogP) is 3.81. The Bertz CT molecular complexity index is 555. The summed E-state index contributed by atoms with van der Waals surface area (Å²) >= 11 is 1.43. The number of hydrogen-bond acceptors (Lipinski definition) is 6. The van der Waals surface area contributed by atoms with Crippen LogP contribution in [0.2, 0.25) is 0 Å². The van der Waals surface area contributed by atoms with Gasteiger partial charge in [0.2, 0.25) is 6.23 Å². The fourth-order valence-electron chi connectivity index (χ4n) is 4.29. The van der Waals surface area contributed by atoms with Gasteiger partial charge in [0.15, 0.2) is 0 Å². The lowest BCUT2D eigenvalue weighted by molar-refractivity contribution is 0.0844. The van der Waals surface area contributed by atoms with E-state index in [1.54, 1.807) is 0 Å². The largest absolute Gasteiger partial charge is 0.623 e. The first-order valence-electron chi connectivity index (χ1n) is 9.82. The van der Waals surface area contributed by atoms with E-state index in [4.69, 9.17) is 0 Å². The zero-order valence-corrected chi connectivity index (χ0v) is 16.4. The van der Waals surface area contributed by atoms with Crippen LogP contribution < -0.4 is 4.65 Å². The molecule has 4 unspecified atom stereocenters. The maximum atomic E-state index is 13.0. The predicted molar refractivity (Wildman–Crippen MR) is 102 cm³/mol. The Hall–Kier alpha value is -0.600. The van der Waals surface area contributed by atoms with Crippen molar-refractivity contribution in [3.8, 4) is 0 Å². The Morgan fingerprint density at radius 1 is 1.28 bits per heavy atom. The van der Waals surface area contributed by atoms with Crippen molar-refractivity contribution in [2.45, 2.75) is 76.9 Å². The summed E-state index contributed by atoms with van der Waals surface area (Å²) < 4.78 is -0.763. The molecule has 3 rings (SSSR count). The first kappa shape index (κ1) is 19.2. The van der Waals surface area contributed by atoms with Crippen LogP contribution in [0.25, 0.3) is 0 Å². The van der Waals surface area contributed by atoms with E-state index in [0.717, 1.165) is 17.3 Å². The summed E-state index contributed by atoms with van der Waals surface area (Å²) in [6, 6.07) is 0. The quantitative estimate of drug-likeness (QED) is 0.450. The number of quaternary nitrogens is 1. The zero-order valence-electron chi connectivity index (χ0n) is 15.6. The van der Waals surface area contributed by atoms with Crippen molar-refractivity contribution in [1.29, 1.82) is 0 Å². The third-order valence-electron chi connectivity index (χ3n) is 5.76. The molecule has 7 heteroatoms. The molecule has 2 fully saturated rings. The van der Waals surface area contributed by atoms with Crippen molar-refractivity contribution < 1.29 is 5.11 Å². The highest BCUT2D eigenvalue weighted by atomic mass is 32.1. The number of unbranched alkanes of at least 4 members (excludes halogenated alkanes) is 3. The maximum Gasteiger partial charge on any atom is 0.309 e. The van der Waals surface area contributed by atoms with Gasteiger partial charge in [-0.3, -0.25) is 9.55 Å². The van der Waals surface area contributed by atoms with Crippen molar-refractivity contribution >= 4 is 16.5 Å². The third-order valence-corrected chi connectivity index (χ3v) is 6.96. The molecule has 25 heavy (non-hydrogen) atoms. The van der Waals surface area contributed by atoms with E-state index < -0.39 is 10.9 Å². The van der Waals surface area contributed by atoms with Crippen LogP contribution in [0.1, 0.15) is 75.6 Å². The van der Waals surface area contributed by atoms with Gasteiger partial charge in [-0.2, -0.15) is 0 Å². The molecule has 0 spiro atoms. The molecule has 0 bridgehead atoms. The van der Waals surface area contributed by atoms with Gasteiger partial charge in [-0.25, -0.2) is 0 Å². The average Bonchev–Trinajstić information content (AvgIpc) is 3.18. The van der Waals surface area contributed by atoms with Crippen LogP contribution in [0.5, 0.6) is 0 Å². The molecule has 1 N–H and O–H groups in total. The normalized spacial score (nSPS) is 33.8. The van der Waals surface area contributed by atoms with E-state index >= 15 is 0 Å². The number of aromatic nitrogens is 2. The van der Waals surface area contributed by atoms with Crippen LogP contribution in [0.4, 0.5) is 5.13 Å². The van der Waals surface area contributed by atoms with E-state index in [0.29, 0.717) is 17.6 Å². The second-order valence-electron chi connectivity index (χ2n) is 7.96. The van der Waals surface area contributed by atoms with Gasteiger partial charge < -0.3 is 10.3 Å². The fraction of sp³-hybridized carbons (Fsp3) is 0.889. The maximum absolute atomic E-state index is 13.0. The van der Waals surface area contributed by atoms with Gasteiger partial charge in [-0.1, -0.05) is 57.0 Å². The van der Waals surface area contributed by atoms with Crippen LogP contribution in [-0.2, 0) is 0 Å². The minimum Gasteiger partial charge on any atom is -0.623 e. The molecule has 6 nitrogen and oxygen atoms in total. The van der Waals surface area contributed by atoms with Gasteiger partial charge in [0.1, 0.15) is 11.7 Å². The van der Waals surface area contributed by atoms with Crippen LogP contribution in [0.15, 0.2) is 0 Å². The van der Waals surface area contributed by atoms with E-state index in [1.165, 1.54) is 62.7 Å². The molecule has 1 aromatic rings. The van der Waals surface area contributed by atoms with Crippen molar-refractivity contribution in [2.75, 3.05) is 20.3 Å². The number of hydrogen-bond donors (Lipinski definition) is 1. The van der Waals surface area contributed by atoms with Gasteiger partial charge >= 0.3 is 5.13 Å². The van der Waals surface area contributed by atoms with Gasteiger partial charge in [-0.05, 0) is 37.1 Å². The second kappa shape index (κ2) is 8.39. The Morgan fingerprint density at radius 2 is 2.12 bits per heavy atom. The summed E-state index contributed by atoms with van der Waals surface area (Å²) in [5.74, 6) is 1.24. The SMILES string of the molecule is CCCCCCC1CCCC(c2nnc([N+]3([O-])CN(C)CC3O)s2)C1. The number of aliphatic hydroxyl groups excluding tert-OH is 1. The molecule has 2 aliphatic rings. The summed E-state index contributed by atoms with van der Waals surface area (Å²) in [6.45, 7) is 2.90. The van der Waals surface area contributed by atoms with Gasteiger partial charge in [0, 0.05) is 5.92 Å². The Morgan fingerprint density at radius 3 is 2.84 bits per heavy atom. The summed E-state index contributed by atoms with van der Waals surface area (Å²) in [6.07, 6.45) is 10.6. The monoisotopic (exact) mass is 368 g/mol. The molecule has 1 aliphatic heterocycles. The summed E-state index contributed by atoms with van der Waals surface area (Å²) in [5.41, 5.74) is 0. The van der Waals surface area contributed by atoms with Crippen LogP contribution in [0.3, 0.4) is 0 Å². The molecular formula is C18H32N4O2S. The van der Waals surface area contributed by atoms with E-state index in [9.17, 15) is 10.3 Å². The van der Waals surface area contributed by atoms with E-state index in [1.807, 2.05) is 11.9 Å². The summed E-state index contributed by atoms with van der Waals surface area (Å²) in [5, 5.41) is 33.1. The van der Waals surface area contributed by atoms with Crippen molar-refractivity contribution in [3.05, 3.63) is 10.2 Å². The standard InChI is InChI=1S/C18H32N4O2S/c1-3-4-5-6-8-14-9-7-10-15(11-14)17-19-20-18(25-17)22(24)13-21(2)12-16(22)23/h14-16,23H,3-13H2,1-2H3. The lowest BCUT2D eigenvalue weighted by Crippen LogP contribution is -2.48. The van der Waals surface area contributed by atoms with Crippen LogP contribution in [0, 0.1) is 11.1 Å². The lowest BCUT2D eigenvalue weighted by atomic mass is 9.79. The van der Waals surface area contributed by atoms with Crippen molar-refractivity contribution in [2.24, 2.45) is 5.92 Å². The summed E-state index contributed by atoms with van der Waals surface area (Å²) in [4.78, 5) is 1.85. The topological polar surface area (TPSA) is 72.3 Å². The summed E-state index contributed by atoms with van der Waals surface area (Å²) in [7, 11) is 1.85. The first-order chi connectivity index (χ1) is 12.0. The first-order valence-corrected chi connectivity index (χ1v) is 10.6. The molecule has 4 atom stereocenters. The molecule has 142 valence electrons. The number of aliphatic hydroxyl groups is 1. The van der Waals surface area contributed by atoms with Gasteiger partial charge in [0.05, 0.1) is 6.54 Å². The smallest absolute Gasteiger partial charge is 0.309 e. The molecule has 0 radical (unpaired) electrons. The van der Waals surface area contributed by atoms with E-state index in [-0.39, 0.29) is 6.67 Å². The van der Waals surface area contributed by atoms with Gasteiger partial charge in [-0.15, -0.1) is 5.10 Å². The Balaban J connectivity index is 1.60. The van der Waals surface area contributed by atoms with Gasteiger partial charge in [0.25, 0.3) is 0 Å². The lowest BCUT2D eigenvalue weighted by Gasteiger charge is -2.36. The molecule has 2 heterocycles. The van der Waals surface area contributed by atoms with Crippen LogP contribution >= 0.6 is 11.3 Å². The molecule has 1 saturated heterocycles. The highest BCUT2D eigenvalue weighted by Crippen LogP contribution is 2.42. The fourth-order valence-corrected chi connectivity index (χ4v) is 5.36. The van der Waals surface area contributed by atoms with Crippen molar-refractivity contribution in [1.82, 2.24) is 19.7 Å². The third kappa shape index (κ3) is 4.39. The molecule has 1 aromatic heterocycles. The minimum absolute atomic E-state index is 0.251. The van der Waals surface area contributed by atoms with E-state index in [2.05, 4.69) is 17.1 Å².